The summed E-state index contributed by atoms with van der Waals surface area (Å²) in [6.07, 6.45) is 2.91. The second-order valence-electron chi connectivity index (χ2n) is 7.78. The van der Waals surface area contributed by atoms with Gasteiger partial charge in [0.15, 0.2) is 5.78 Å². The Labute approximate surface area is 232 Å². The molecule has 0 amide bonds. The summed E-state index contributed by atoms with van der Waals surface area (Å²) in [5, 5.41) is 8.36. The van der Waals surface area contributed by atoms with Crippen LogP contribution in [0.25, 0.3) is 11.3 Å². The van der Waals surface area contributed by atoms with E-state index in [9.17, 15) is 4.79 Å². The van der Waals surface area contributed by atoms with Crippen molar-refractivity contribution in [1.82, 2.24) is 4.98 Å². The number of pyridine rings is 1. The van der Waals surface area contributed by atoms with Gasteiger partial charge in [0.05, 0.1) is 20.0 Å². The van der Waals surface area contributed by atoms with Gasteiger partial charge in [-0.1, -0.05) is 42.5 Å². The fourth-order valence-electron chi connectivity index (χ4n) is 3.52. The maximum atomic E-state index is 10.0. The second-order valence-corrected chi connectivity index (χ2v) is 7.78. The number of aliphatic hydroxyl groups is 1. The molecule has 6 nitrogen and oxygen atoms in total. The van der Waals surface area contributed by atoms with E-state index >= 15 is 0 Å². The zero-order valence-corrected chi connectivity index (χ0v) is 23.4. The van der Waals surface area contributed by atoms with E-state index in [2.05, 4.69) is 40.2 Å². The molecule has 0 radical (unpaired) electrons. The van der Waals surface area contributed by atoms with Crippen molar-refractivity contribution in [2.24, 2.45) is 0 Å². The summed E-state index contributed by atoms with van der Waals surface area (Å²) in [6, 6.07) is 31.4. The van der Waals surface area contributed by atoms with E-state index in [1.807, 2.05) is 60.7 Å². The van der Waals surface area contributed by atoms with Gasteiger partial charge in [-0.15, -0.1) is 17.7 Å². The predicted molar refractivity (Wildman–Crippen MR) is 143 cm³/mol. The van der Waals surface area contributed by atoms with E-state index in [1.54, 1.807) is 20.4 Å². The van der Waals surface area contributed by atoms with Crippen molar-refractivity contribution in [1.29, 1.82) is 0 Å². The van der Waals surface area contributed by atoms with Crippen LogP contribution in [0.15, 0.2) is 103 Å². The maximum absolute atomic E-state index is 10.0. The van der Waals surface area contributed by atoms with E-state index < -0.39 is 0 Å². The smallest absolute Gasteiger partial charge is 0.155 e. The number of anilines is 3. The van der Waals surface area contributed by atoms with Crippen LogP contribution in [-0.2, 0) is 25.9 Å². The molecule has 0 aliphatic heterocycles. The van der Waals surface area contributed by atoms with E-state index in [1.165, 1.54) is 19.9 Å². The van der Waals surface area contributed by atoms with Crippen molar-refractivity contribution in [3.05, 3.63) is 109 Å². The molecule has 0 spiro atoms. The summed E-state index contributed by atoms with van der Waals surface area (Å²) >= 11 is 0. The molecule has 0 saturated carbocycles. The second kappa shape index (κ2) is 14.6. The number of ether oxygens (including phenoxy) is 2. The molecule has 0 atom stereocenters. The van der Waals surface area contributed by atoms with E-state index in [0.717, 1.165) is 39.8 Å². The fraction of sp³-hybridized carbons (Fsp3) is 0.133. The third-order valence-electron chi connectivity index (χ3n) is 5.03. The topological polar surface area (TPSA) is 71.9 Å². The van der Waals surface area contributed by atoms with Crippen LogP contribution in [0.4, 0.5) is 17.1 Å². The zero-order chi connectivity index (χ0) is 25.9. The monoisotopic (exact) mass is 676 g/mol. The number of para-hydroxylation sites is 2. The molecule has 0 unspecified atom stereocenters. The summed E-state index contributed by atoms with van der Waals surface area (Å²) in [5.41, 5.74) is 4.62. The summed E-state index contributed by atoms with van der Waals surface area (Å²) in [6.45, 7) is 2.85. The van der Waals surface area contributed by atoms with Gasteiger partial charge in [0, 0.05) is 50.5 Å². The Morgan fingerprint density at radius 2 is 1.46 bits per heavy atom. The first-order valence-electron chi connectivity index (χ1n) is 11.3. The molecule has 0 saturated heterocycles. The number of carbonyl (C=O) groups excluding carboxylic acids is 1. The number of hydrogen-bond acceptors (Lipinski definition) is 6. The van der Waals surface area contributed by atoms with Gasteiger partial charge in [-0.05, 0) is 61.6 Å². The minimum Gasteiger partial charge on any atom is -0.540 e. The fourth-order valence-corrected chi connectivity index (χ4v) is 3.52. The van der Waals surface area contributed by atoms with Crippen LogP contribution in [0, 0.1) is 6.07 Å². The first-order valence-corrected chi connectivity index (χ1v) is 11.3. The Morgan fingerprint density at radius 3 is 1.92 bits per heavy atom. The molecular weight excluding hydrogens is 647 g/mol. The first-order chi connectivity index (χ1) is 17.4. The SMILES string of the molecule is CC(=O)/C=C(/C)O.COc1ccnc(-c2[c-]cc(OC)cc2N(c2ccccc2)c2ccccc2)c1.[Pt]. The van der Waals surface area contributed by atoms with Crippen molar-refractivity contribution in [3.63, 3.8) is 0 Å². The van der Waals surface area contributed by atoms with Crippen LogP contribution >= 0.6 is 0 Å². The number of hydrogen-bond donors (Lipinski definition) is 1. The van der Waals surface area contributed by atoms with Crippen LogP contribution in [-0.4, -0.2) is 30.1 Å². The van der Waals surface area contributed by atoms with Crippen LogP contribution in [0.5, 0.6) is 11.5 Å². The number of aliphatic hydroxyl groups excluding tert-OH is 1. The van der Waals surface area contributed by atoms with Crippen molar-refractivity contribution in [2.45, 2.75) is 13.8 Å². The Balaban J connectivity index is 0.000000532. The van der Waals surface area contributed by atoms with Gasteiger partial charge in [0.1, 0.15) is 5.75 Å². The predicted octanol–water partition coefficient (Wildman–Crippen LogP) is 7.07. The van der Waals surface area contributed by atoms with Gasteiger partial charge in [-0.3, -0.25) is 4.79 Å². The first kappa shape index (κ1) is 29.3. The molecule has 4 aromatic rings. The molecular formula is C30H29N2O4Pt-. The number of carbonyl (C=O) groups is 1. The molecule has 4 rings (SSSR count). The third kappa shape index (κ3) is 8.33. The molecule has 1 N–H and O–H groups in total. The van der Waals surface area contributed by atoms with Crippen molar-refractivity contribution >= 4 is 22.8 Å². The number of benzene rings is 3. The number of allylic oxidation sites excluding steroid dienone is 2. The number of methoxy groups -OCH3 is 2. The van der Waals surface area contributed by atoms with Gasteiger partial charge in [0.2, 0.25) is 0 Å². The number of nitrogens with zero attached hydrogens (tertiary/aromatic N) is 2. The molecule has 0 fully saturated rings. The quantitative estimate of drug-likeness (QED) is 0.128. The minimum atomic E-state index is -0.125. The van der Waals surface area contributed by atoms with Gasteiger partial charge in [-0.25, -0.2) is 0 Å². The molecule has 37 heavy (non-hydrogen) atoms. The van der Waals surface area contributed by atoms with Gasteiger partial charge >= 0.3 is 0 Å². The summed E-state index contributed by atoms with van der Waals surface area (Å²) < 4.78 is 10.9. The maximum Gasteiger partial charge on any atom is 0.155 e. The third-order valence-corrected chi connectivity index (χ3v) is 5.03. The summed E-state index contributed by atoms with van der Waals surface area (Å²) in [7, 11) is 3.31. The normalized spacial score (nSPS) is 10.3. The summed E-state index contributed by atoms with van der Waals surface area (Å²) in [4.78, 5) is 16.8. The Morgan fingerprint density at radius 1 is 0.892 bits per heavy atom. The Hall–Kier alpha value is -3.89. The number of ketones is 1. The number of rotatable bonds is 7. The van der Waals surface area contributed by atoms with Gasteiger partial charge < -0.3 is 24.5 Å². The molecule has 7 heteroatoms. The van der Waals surface area contributed by atoms with E-state index in [0.29, 0.717) is 0 Å². The van der Waals surface area contributed by atoms with Gasteiger partial charge in [0.25, 0.3) is 0 Å². The van der Waals surface area contributed by atoms with Crippen LogP contribution < -0.4 is 14.4 Å². The molecule has 0 aliphatic carbocycles. The molecule has 3 aromatic carbocycles. The molecule has 194 valence electrons. The van der Waals surface area contributed by atoms with E-state index in [4.69, 9.17) is 14.6 Å². The van der Waals surface area contributed by atoms with Crippen molar-refractivity contribution in [2.75, 3.05) is 19.1 Å². The standard InChI is InChI=1S/C25H21N2O2.C5H8O2.Pt/c1-28-21-13-14-23(24-17-22(29-2)15-16-26-24)25(18-21)27(19-9-5-3-6-10-19)20-11-7-4-8-12-20;1-4(6)3-5(2)7;/h3-13,15-18H,1-2H3;3,6H,1-2H3;/q-1;;/b;4-3-;. The molecule has 0 bridgehead atoms. The molecule has 0 aliphatic rings. The van der Waals surface area contributed by atoms with E-state index in [-0.39, 0.29) is 32.6 Å². The van der Waals surface area contributed by atoms with Crippen LogP contribution in [0.2, 0.25) is 0 Å². The largest absolute Gasteiger partial charge is 0.540 e. The average Bonchev–Trinajstić information content (AvgIpc) is 2.89. The average molecular weight is 677 g/mol. The minimum absolute atomic E-state index is 0. The zero-order valence-electron chi connectivity index (χ0n) is 21.1. The number of aromatic nitrogens is 1. The molecule has 1 aromatic heterocycles. The molecule has 1 heterocycles. The van der Waals surface area contributed by atoms with Crippen molar-refractivity contribution in [3.8, 4) is 22.8 Å². The van der Waals surface area contributed by atoms with Crippen LogP contribution in [0.1, 0.15) is 13.8 Å². The summed E-state index contributed by atoms with van der Waals surface area (Å²) in [5.74, 6) is 1.41. The Bertz CT molecular complexity index is 1270. The van der Waals surface area contributed by atoms with Crippen molar-refractivity contribution < 1.29 is 40.4 Å². The van der Waals surface area contributed by atoms with Crippen LogP contribution in [0.3, 0.4) is 0 Å². The van der Waals surface area contributed by atoms with Gasteiger partial charge in [-0.2, -0.15) is 0 Å². The Kier molecular flexibility index (Phi) is 11.6.